The van der Waals surface area contributed by atoms with Gasteiger partial charge in [-0.2, -0.15) is 0 Å². The SMILES string of the molecule is O=C1C(SCc2ccco2)=C(c2cccs2)C(=O)N1C1CCCCCCCCCCC1. The zero-order valence-electron chi connectivity index (χ0n) is 18.0. The number of amides is 2. The van der Waals surface area contributed by atoms with Crippen LogP contribution in [0.5, 0.6) is 0 Å². The van der Waals surface area contributed by atoms with Gasteiger partial charge in [0.05, 0.1) is 22.5 Å². The molecule has 0 N–H and O–H groups in total. The van der Waals surface area contributed by atoms with E-state index in [4.69, 9.17) is 4.42 Å². The summed E-state index contributed by atoms with van der Waals surface area (Å²) in [6, 6.07) is 7.66. The highest BCUT2D eigenvalue weighted by atomic mass is 32.2. The highest BCUT2D eigenvalue weighted by Gasteiger charge is 2.42. The van der Waals surface area contributed by atoms with E-state index < -0.39 is 0 Å². The molecule has 0 aromatic carbocycles. The zero-order chi connectivity index (χ0) is 21.5. The molecule has 2 aromatic heterocycles. The molecular weight excluding hydrogens is 426 g/mol. The largest absolute Gasteiger partial charge is 0.468 e. The maximum absolute atomic E-state index is 13.6. The standard InChI is InChI=1S/C25H31NO3S2/c27-24-22(21-15-11-17-30-21)23(31-18-20-14-10-16-29-20)25(28)26(24)19-12-8-6-4-2-1-3-5-7-9-13-19/h10-11,14-17,19H,1-9,12-13,18H2. The van der Waals surface area contributed by atoms with Gasteiger partial charge >= 0.3 is 0 Å². The number of imide groups is 1. The van der Waals surface area contributed by atoms with Crippen LogP contribution in [0, 0.1) is 0 Å². The third kappa shape index (κ3) is 5.53. The molecule has 1 saturated carbocycles. The Hall–Kier alpha value is -1.79. The number of thioether (sulfide) groups is 1. The normalized spacial score (nSPS) is 20.2. The van der Waals surface area contributed by atoms with Gasteiger partial charge in [-0.3, -0.25) is 14.5 Å². The van der Waals surface area contributed by atoms with Gasteiger partial charge in [0, 0.05) is 10.9 Å². The number of nitrogens with zero attached hydrogens (tertiary/aromatic N) is 1. The lowest BCUT2D eigenvalue weighted by atomic mass is 9.97. The molecule has 6 heteroatoms. The van der Waals surface area contributed by atoms with Gasteiger partial charge in [-0.1, -0.05) is 63.9 Å². The molecule has 3 heterocycles. The van der Waals surface area contributed by atoms with Crippen molar-refractivity contribution in [3.05, 3.63) is 51.5 Å². The van der Waals surface area contributed by atoms with E-state index in [1.807, 2.05) is 29.6 Å². The minimum Gasteiger partial charge on any atom is -0.468 e. The molecule has 4 nitrogen and oxygen atoms in total. The molecule has 166 valence electrons. The fraction of sp³-hybridized carbons (Fsp3) is 0.520. The quantitative estimate of drug-likeness (QED) is 0.452. The summed E-state index contributed by atoms with van der Waals surface area (Å²) in [4.78, 5) is 30.2. The zero-order valence-corrected chi connectivity index (χ0v) is 19.6. The Bertz CT molecular complexity index is 874. The molecule has 0 bridgehead atoms. The van der Waals surface area contributed by atoms with Crippen LogP contribution >= 0.6 is 23.1 Å². The predicted octanol–water partition coefficient (Wildman–Crippen LogP) is 7.03. The summed E-state index contributed by atoms with van der Waals surface area (Å²) >= 11 is 2.96. The van der Waals surface area contributed by atoms with Crippen LogP contribution in [0.1, 0.15) is 81.3 Å². The van der Waals surface area contributed by atoms with Gasteiger partial charge in [-0.25, -0.2) is 0 Å². The summed E-state index contributed by atoms with van der Waals surface area (Å²) in [5.74, 6) is 1.15. The Balaban J connectivity index is 1.55. The number of furan rings is 1. The number of carbonyl (C=O) groups is 2. The average Bonchev–Trinajstić information content (AvgIpc) is 3.50. The van der Waals surface area contributed by atoms with Gasteiger partial charge in [0.2, 0.25) is 0 Å². The van der Waals surface area contributed by atoms with Crippen molar-refractivity contribution in [1.82, 2.24) is 4.90 Å². The van der Waals surface area contributed by atoms with E-state index in [0.717, 1.165) is 36.3 Å². The van der Waals surface area contributed by atoms with Crippen molar-refractivity contribution in [2.45, 2.75) is 82.4 Å². The summed E-state index contributed by atoms with van der Waals surface area (Å²) < 4.78 is 5.45. The molecule has 1 aliphatic carbocycles. The Morgan fingerprint density at radius 2 is 1.58 bits per heavy atom. The Labute approximate surface area is 193 Å². The van der Waals surface area contributed by atoms with E-state index >= 15 is 0 Å². The first-order valence-corrected chi connectivity index (χ1v) is 13.4. The van der Waals surface area contributed by atoms with Crippen LogP contribution in [0.2, 0.25) is 0 Å². The molecule has 0 unspecified atom stereocenters. The lowest BCUT2D eigenvalue weighted by molar-refractivity contribution is -0.139. The molecule has 1 aliphatic heterocycles. The Morgan fingerprint density at radius 3 is 2.16 bits per heavy atom. The first-order valence-electron chi connectivity index (χ1n) is 11.6. The summed E-state index contributed by atoms with van der Waals surface area (Å²) in [6.45, 7) is 0. The molecule has 0 saturated heterocycles. The van der Waals surface area contributed by atoms with E-state index in [-0.39, 0.29) is 17.9 Å². The monoisotopic (exact) mass is 457 g/mol. The second-order valence-electron chi connectivity index (χ2n) is 8.44. The van der Waals surface area contributed by atoms with Crippen molar-refractivity contribution in [1.29, 1.82) is 0 Å². The van der Waals surface area contributed by atoms with E-state index in [1.54, 1.807) is 11.2 Å². The van der Waals surface area contributed by atoms with E-state index in [1.165, 1.54) is 68.0 Å². The van der Waals surface area contributed by atoms with Crippen molar-refractivity contribution in [2.75, 3.05) is 0 Å². The van der Waals surface area contributed by atoms with Crippen LogP contribution in [0.25, 0.3) is 5.57 Å². The maximum atomic E-state index is 13.6. The molecule has 2 amide bonds. The van der Waals surface area contributed by atoms with Crippen LogP contribution in [0.3, 0.4) is 0 Å². The number of hydrogen-bond donors (Lipinski definition) is 0. The summed E-state index contributed by atoms with van der Waals surface area (Å²) in [5, 5.41) is 1.97. The maximum Gasteiger partial charge on any atom is 0.268 e. The molecule has 1 fully saturated rings. The molecule has 4 rings (SSSR count). The Kier molecular flexibility index (Phi) is 8.09. The molecule has 31 heavy (non-hydrogen) atoms. The van der Waals surface area contributed by atoms with Crippen molar-refractivity contribution in [3.8, 4) is 0 Å². The van der Waals surface area contributed by atoms with Crippen molar-refractivity contribution < 1.29 is 14.0 Å². The van der Waals surface area contributed by atoms with Gasteiger partial charge in [0.1, 0.15) is 5.76 Å². The topological polar surface area (TPSA) is 50.5 Å². The fourth-order valence-electron chi connectivity index (χ4n) is 4.57. The predicted molar refractivity (Wildman–Crippen MR) is 128 cm³/mol. The minimum absolute atomic E-state index is 0.0103. The molecular formula is C25H31NO3S2. The van der Waals surface area contributed by atoms with Gasteiger partial charge in [0.25, 0.3) is 11.8 Å². The first kappa shape index (κ1) is 22.4. The summed E-state index contributed by atoms with van der Waals surface area (Å²) in [7, 11) is 0. The smallest absolute Gasteiger partial charge is 0.268 e. The van der Waals surface area contributed by atoms with Gasteiger partial charge in [0.15, 0.2) is 0 Å². The highest BCUT2D eigenvalue weighted by Crippen LogP contribution is 2.41. The van der Waals surface area contributed by atoms with E-state index in [2.05, 4.69) is 0 Å². The first-order chi connectivity index (χ1) is 15.3. The Morgan fingerprint density at radius 1 is 0.903 bits per heavy atom. The lowest BCUT2D eigenvalue weighted by Gasteiger charge is -2.27. The number of carbonyl (C=O) groups excluding carboxylic acids is 2. The number of hydrogen-bond acceptors (Lipinski definition) is 5. The third-order valence-electron chi connectivity index (χ3n) is 6.22. The fourth-order valence-corrected chi connectivity index (χ4v) is 6.41. The van der Waals surface area contributed by atoms with Crippen LogP contribution in [0.15, 0.2) is 45.2 Å². The van der Waals surface area contributed by atoms with Crippen LogP contribution in [0.4, 0.5) is 0 Å². The van der Waals surface area contributed by atoms with Gasteiger partial charge < -0.3 is 4.42 Å². The minimum atomic E-state index is -0.109. The van der Waals surface area contributed by atoms with Crippen LogP contribution in [-0.4, -0.2) is 22.8 Å². The number of thiophene rings is 1. The van der Waals surface area contributed by atoms with Gasteiger partial charge in [-0.15, -0.1) is 23.1 Å². The lowest BCUT2D eigenvalue weighted by Crippen LogP contribution is -2.41. The van der Waals surface area contributed by atoms with Crippen LogP contribution < -0.4 is 0 Å². The highest BCUT2D eigenvalue weighted by molar-refractivity contribution is 8.03. The average molecular weight is 458 g/mol. The molecule has 2 aliphatic rings. The van der Waals surface area contributed by atoms with E-state index in [0.29, 0.717) is 16.2 Å². The second kappa shape index (κ2) is 11.2. The second-order valence-corrected chi connectivity index (χ2v) is 10.4. The van der Waals surface area contributed by atoms with Crippen LogP contribution in [-0.2, 0) is 15.3 Å². The van der Waals surface area contributed by atoms with Crippen molar-refractivity contribution >= 4 is 40.5 Å². The molecule has 0 atom stereocenters. The van der Waals surface area contributed by atoms with Crippen molar-refractivity contribution in [2.24, 2.45) is 0 Å². The molecule has 0 radical (unpaired) electrons. The molecule has 0 spiro atoms. The number of rotatable bonds is 5. The summed E-state index contributed by atoms with van der Waals surface area (Å²) in [6.07, 6.45) is 14.5. The third-order valence-corrected chi connectivity index (χ3v) is 8.20. The summed E-state index contributed by atoms with van der Waals surface area (Å²) in [5.41, 5.74) is 0.586. The molecule has 2 aromatic rings. The van der Waals surface area contributed by atoms with Crippen molar-refractivity contribution in [3.63, 3.8) is 0 Å². The van der Waals surface area contributed by atoms with E-state index in [9.17, 15) is 9.59 Å². The van der Waals surface area contributed by atoms with Gasteiger partial charge in [-0.05, 0) is 36.4 Å².